The Morgan fingerprint density at radius 2 is 1.71 bits per heavy atom. The molecule has 0 amide bonds. The van der Waals surface area contributed by atoms with Crippen LogP contribution in [0.3, 0.4) is 0 Å². The topological polar surface area (TPSA) is 70.1 Å². The van der Waals surface area contributed by atoms with Gasteiger partial charge < -0.3 is 15.7 Å². The number of aliphatic hydroxyl groups excluding tert-OH is 1. The van der Waals surface area contributed by atoms with E-state index in [1.54, 1.807) is 0 Å². The zero-order valence-electron chi connectivity index (χ0n) is 16.9. The van der Waals surface area contributed by atoms with Crippen LogP contribution in [0.5, 0.6) is 0 Å². The number of nitrogens with one attached hydrogen (secondary N) is 2. The Morgan fingerprint density at radius 1 is 0.964 bits per heavy atom. The van der Waals surface area contributed by atoms with Gasteiger partial charge >= 0.3 is 0 Å². The number of aromatic nitrogens is 2. The summed E-state index contributed by atoms with van der Waals surface area (Å²) in [6, 6.07) is 18.2. The van der Waals surface area contributed by atoms with Gasteiger partial charge in [0.15, 0.2) is 0 Å². The van der Waals surface area contributed by atoms with Crippen LogP contribution >= 0.6 is 0 Å². The molecule has 3 aromatic rings. The van der Waals surface area contributed by atoms with E-state index in [2.05, 4.69) is 59.6 Å². The van der Waals surface area contributed by atoms with E-state index in [-0.39, 0.29) is 12.6 Å². The third-order valence-electron chi connectivity index (χ3n) is 4.61. The Labute approximate surface area is 166 Å². The van der Waals surface area contributed by atoms with Gasteiger partial charge in [0.1, 0.15) is 5.82 Å². The third-order valence-corrected chi connectivity index (χ3v) is 4.61. The Hall–Kier alpha value is -2.92. The first kappa shape index (κ1) is 19.8. The molecule has 5 nitrogen and oxygen atoms in total. The molecule has 0 fully saturated rings. The van der Waals surface area contributed by atoms with Crippen molar-refractivity contribution in [2.24, 2.45) is 0 Å². The summed E-state index contributed by atoms with van der Waals surface area (Å²) < 4.78 is 0. The normalized spacial score (nSPS) is 12.1. The molecule has 0 spiro atoms. The highest BCUT2D eigenvalue weighted by atomic mass is 16.3. The smallest absolute Gasteiger partial charge is 0.225 e. The summed E-state index contributed by atoms with van der Waals surface area (Å²) in [6.07, 6.45) is 0. The van der Waals surface area contributed by atoms with Crippen LogP contribution in [0.1, 0.15) is 37.8 Å². The highest BCUT2D eigenvalue weighted by Gasteiger charge is 2.10. The zero-order chi connectivity index (χ0) is 20.1. The number of nitrogens with zero attached hydrogens (tertiary/aromatic N) is 2. The van der Waals surface area contributed by atoms with Crippen molar-refractivity contribution >= 4 is 17.5 Å². The molecule has 3 rings (SSSR count). The monoisotopic (exact) mass is 376 g/mol. The van der Waals surface area contributed by atoms with Crippen molar-refractivity contribution in [3.8, 4) is 11.3 Å². The molecule has 0 unspecified atom stereocenters. The molecule has 5 heteroatoms. The highest BCUT2D eigenvalue weighted by molar-refractivity contribution is 5.67. The van der Waals surface area contributed by atoms with Crippen molar-refractivity contribution < 1.29 is 5.11 Å². The number of rotatable bonds is 7. The molecule has 1 heterocycles. The molecule has 2 aromatic carbocycles. The zero-order valence-corrected chi connectivity index (χ0v) is 16.9. The van der Waals surface area contributed by atoms with Crippen molar-refractivity contribution in [3.63, 3.8) is 0 Å². The molecular formula is C23H28N4O. The summed E-state index contributed by atoms with van der Waals surface area (Å²) >= 11 is 0. The molecule has 0 aliphatic carbocycles. The summed E-state index contributed by atoms with van der Waals surface area (Å²) in [4.78, 5) is 9.20. The minimum Gasteiger partial charge on any atom is -0.394 e. The maximum absolute atomic E-state index is 9.35. The van der Waals surface area contributed by atoms with E-state index in [9.17, 15) is 5.11 Å². The van der Waals surface area contributed by atoms with Crippen molar-refractivity contribution in [2.45, 2.75) is 39.7 Å². The quantitative estimate of drug-likeness (QED) is 0.534. The molecule has 0 radical (unpaired) electrons. The fourth-order valence-corrected chi connectivity index (χ4v) is 3.15. The van der Waals surface area contributed by atoms with E-state index in [1.165, 1.54) is 11.1 Å². The molecule has 1 aromatic heterocycles. The summed E-state index contributed by atoms with van der Waals surface area (Å²) in [5, 5.41) is 15.9. The van der Waals surface area contributed by atoms with Gasteiger partial charge in [-0.05, 0) is 43.0 Å². The second kappa shape index (κ2) is 8.85. The van der Waals surface area contributed by atoms with Gasteiger partial charge in [0.05, 0.1) is 12.3 Å². The standard InChI is InChI=1S/C23H28N4O/c1-15(2)20-11-10-19(12-16(20)3)25-22-13-21(18-8-6-5-7-9-18)26-23(27-22)24-17(4)14-28/h5-13,15,17,28H,14H2,1-4H3,(H2,24,25,26,27)/t17-/m1/s1. The first-order chi connectivity index (χ1) is 13.5. The number of hydrogen-bond acceptors (Lipinski definition) is 5. The Kier molecular flexibility index (Phi) is 6.26. The maximum atomic E-state index is 9.35. The van der Waals surface area contributed by atoms with E-state index in [1.807, 2.05) is 43.3 Å². The average Bonchev–Trinajstić information content (AvgIpc) is 2.68. The van der Waals surface area contributed by atoms with Gasteiger partial charge in [-0.3, -0.25) is 0 Å². The van der Waals surface area contributed by atoms with Crippen molar-refractivity contribution in [3.05, 3.63) is 65.7 Å². The predicted molar refractivity (Wildman–Crippen MR) is 116 cm³/mol. The lowest BCUT2D eigenvalue weighted by Crippen LogP contribution is -2.21. The van der Waals surface area contributed by atoms with Crippen LogP contribution in [0.2, 0.25) is 0 Å². The van der Waals surface area contributed by atoms with Crippen LogP contribution in [0.15, 0.2) is 54.6 Å². The highest BCUT2D eigenvalue weighted by Crippen LogP contribution is 2.26. The van der Waals surface area contributed by atoms with Crippen LogP contribution in [0, 0.1) is 6.92 Å². The molecule has 0 aliphatic heterocycles. The Morgan fingerprint density at radius 3 is 2.36 bits per heavy atom. The number of hydrogen-bond donors (Lipinski definition) is 3. The Balaban J connectivity index is 1.95. The molecule has 1 atom stereocenters. The fourth-order valence-electron chi connectivity index (χ4n) is 3.15. The van der Waals surface area contributed by atoms with E-state index in [0.717, 1.165) is 16.9 Å². The van der Waals surface area contributed by atoms with Gasteiger partial charge in [0, 0.05) is 23.4 Å². The van der Waals surface area contributed by atoms with Crippen molar-refractivity contribution in [1.29, 1.82) is 0 Å². The molecule has 146 valence electrons. The van der Waals surface area contributed by atoms with Crippen molar-refractivity contribution in [1.82, 2.24) is 9.97 Å². The fraction of sp³-hybridized carbons (Fsp3) is 0.304. The van der Waals surface area contributed by atoms with Gasteiger partial charge in [-0.1, -0.05) is 50.2 Å². The Bertz CT molecular complexity index is 925. The maximum Gasteiger partial charge on any atom is 0.225 e. The molecule has 28 heavy (non-hydrogen) atoms. The number of anilines is 3. The molecular weight excluding hydrogens is 348 g/mol. The second-order valence-corrected chi connectivity index (χ2v) is 7.41. The molecule has 0 bridgehead atoms. The van der Waals surface area contributed by atoms with Gasteiger partial charge in [0.25, 0.3) is 0 Å². The number of aryl methyl sites for hydroxylation is 1. The SMILES string of the molecule is Cc1cc(Nc2cc(-c3ccccc3)nc(N[C@H](C)CO)n2)ccc1C(C)C. The number of aliphatic hydroxyl groups is 1. The van der Waals surface area contributed by atoms with Gasteiger partial charge in [-0.25, -0.2) is 4.98 Å². The lowest BCUT2D eigenvalue weighted by atomic mass is 9.98. The van der Waals surface area contributed by atoms with E-state index in [4.69, 9.17) is 0 Å². The van der Waals surface area contributed by atoms with Crippen molar-refractivity contribution in [2.75, 3.05) is 17.2 Å². The van der Waals surface area contributed by atoms with E-state index >= 15 is 0 Å². The van der Waals surface area contributed by atoms with Crippen LogP contribution in [-0.2, 0) is 0 Å². The minimum absolute atomic E-state index is 0.0115. The third kappa shape index (κ3) is 4.87. The largest absolute Gasteiger partial charge is 0.394 e. The summed E-state index contributed by atoms with van der Waals surface area (Å²) in [5.41, 5.74) is 5.42. The molecule has 0 saturated carbocycles. The second-order valence-electron chi connectivity index (χ2n) is 7.41. The molecule has 3 N–H and O–H groups in total. The summed E-state index contributed by atoms with van der Waals surface area (Å²) in [6.45, 7) is 8.43. The lowest BCUT2D eigenvalue weighted by molar-refractivity contribution is 0.281. The number of benzene rings is 2. The lowest BCUT2D eigenvalue weighted by Gasteiger charge is -2.15. The molecule has 0 aliphatic rings. The predicted octanol–water partition coefficient (Wildman–Crippen LogP) is 5.11. The summed E-state index contributed by atoms with van der Waals surface area (Å²) in [7, 11) is 0. The first-order valence-electron chi connectivity index (χ1n) is 9.65. The van der Waals surface area contributed by atoms with Crippen LogP contribution in [0.25, 0.3) is 11.3 Å². The van der Waals surface area contributed by atoms with E-state index < -0.39 is 0 Å². The van der Waals surface area contributed by atoms with Gasteiger partial charge in [0.2, 0.25) is 5.95 Å². The summed E-state index contributed by atoms with van der Waals surface area (Å²) in [5.74, 6) is 1.69. The minimum atomic E-state index is -0.133. The average molecular weight is 377 g/mol. The van der Waals surface area contributed by atoms with Crippen LogP contribution in [-0.4, -0.2) is 27.7 Å². The van der Waals surface area contributed by atoms with Crippen LogP contribution < -0.4 is 10.6 Å². The first-order valence-corrected chi connectivity index (χ1v) is 9.65. The molecule has 0 saturated heterocycles. The van der Waals surface area contributed by atoms with Gasteiger partial charge in [-0.15, -0.1) is 0 Å². The van der Waals surface area contributed by atoms with Crippen LogP contribution in [0.4, 0.5) is 17.5 Å². The van der Waals surface area contributed by atoms with Gasteiger partial charge in [-0.2, -0.15) is 4.98 Å². The van der Waals surface area contributed by atoms with E-state index in [0.29, 0.717) is 17.7 Å².